The molecule has 122 valence electrons. The molecule has 0 saturated heterocycles. The summed E-state index contributed by atoms with van der Waals surface area (Å²) in [6, 6.07) is 17.6. The lowest BCUT2D eigenvalue weighted by atomic mass is 10.1. The maximum atomic E-state index is 11.6. The van der Waals surface area contributed by atoms with Crippen LogP contribution in [0.5, 0.6) is 0 Å². The molecule has 0 unspecified atom stereocenters. The third kappa shape index (κ3) is 3.47. The summed E-state index contributed by atoms with van der Waals surface area (Å²) in [5.74, 6) is 0.251. The molecule has 6 heteroatoms. The van der Waals surface area contributed by atoms with Gasteiger partial charge in [0.1, 0.15) is 0 Å². The third-order valence-electron chi connectivity index (χ3n) is 3.50. The lowest BCUT2D eigenvalue weighted by molar-refractivity contribution is -0.118. The minimum atomic E-state index is -0.0463. The molecule has 1 aromatic heterocycles. The summed E-state index contributed by atoms with van der Waals surface area (Å²) in [4.78, 5) is 16.1. The number of benzene rings is 2. The van der Waals surface area contributed by atoms with Crippen molar-refractivity contribution in [2.75, 3.05) is 12.8 Å². The van der Waals surface area contributed by atoms with Crippen LogP contribution >= 0.6 is 23.4 Å². The van der Waals surface area contributed by atoms with E-state index in [0.717, 1.165) is 22.1 Å². The summed E-state index contributed by atoms with van der Waals surface area (Å²) in [7, 11) is 1.62. The van der Waals surface area contributed by atoms with Crippen molar-refractivity contribution in [3.05, 3.63) is 65.8 Å². The Bertz CT molecular complexity index is 848. The van der Waals surface area contributed by atoms with Gasteiger partial charge in [-0.3, -0.25) is 9.36 Å². The van der Waals surface area contributed by atoms with E-state index in [1.165, 1.54) is 11.8 Å². The number of imidazole rings is 1. The molecule has 3 aromatic rings. The maximum Gasteiger partial charge on any atom is 0.230 e. The molecule has 4 nitrogen and oxygen atoms in total. The van der Waals surface area contributed by atoms with Crippen molar-refractivity contribution in [3.8, 4) is 16.9 Å². The number of nitrogens with zero attached hydrogens (tertiary/aromatic N) is 2. The molecule has 0 bridgehead atoms. The van der Waals surface area contributed by atoms with E-state index in [2.05, 4.69) is 10.3 Å². The standard InChI is InChI=1S/C18H16ClN3OS/c1-20-17(23)12-24-18-21-11-16(13-7-3-2-4-8-13)22(18)15-10-6-5-9-14(15)19/h2-11H,12H2,1H3,(H,20,23). The lowest BCUT2D eigenvalue weighted by Gasteiger charge is -2.13. The van der Waals surface area contributed by atoms with Gasteiger partial charge in [0.05, 0.1) is 28.4 Å². The van der Waals surface area contributed by atoms with Crippen molar-refractivity contribution in [2.24, 2.45) is 0 Å². The average molecular weight is 358 g/mol. The highest BCUT2D eigenvalue weighted by molar-refractivity contribution is 7.99. The highest BCUT2D eigenvalue weighted by atomic mass is 35.5. The number of nitrogens with one attached hydrogen (secondary N) is 1. The second-order valence-electron chi connectivity index (χ2n) is 5.04. The highest BCUT2D eigenvalue weighted by Crippen LogP contribution is 2.32. The second-order valence-corrected chi connectivity index (χ2v) is 6.39. The zero-order chi connectivity index (χ0) is 16.9. The Morgan fingerprint density at radius 3 is 2.58 bits per heavy atom. The normalized spacial score (nSPS) is 10.6. The molecule has 0 aliphatic carbocycles. The van der Waals surface area contributed by atoms with Crippen LogP contribution in [-0.2, 0) is 4.79 Å². The van der Waals surface area contributed by atoms with Crippen LogP contribution in [0.4, 0.5) is 0 Å². The van der Waals surface area contributed by atoms with Crippen molar-refractivity contribution in [1.29, 1.82) is 0 Å². The van der Waals surface area contributed by atoms with Crippen molar-refractivity contribution >= 4 is 29.3 Å². The molecular weight excluding hydrogens is 342 g/mol. The van der Waals surface area contributed by atoms with Crippen molar-refractivity contribution in [3.63, 3.8) is 0 Å². The first kappa shape index (κ1) is 16.6. The molecule has 1 amide bonds. The van der Waals surface area contributed by atoms with Crippen LogP contribution in [0.1, 0.15) is 0 Å². The van der Waals surface area contributed by atoms with Gasteiger partial charge in [-0.25, -0.2) is 4.98 Å². The van der Waals surface area contributed by atoms with E-state index in [-0.39, 0.29) is 5.91 Å². The Morgan fingerprint density at radius 2 is 1.88 bits per heavy atom. The molecule has 0 aliphatic heterocycles. The molecule has 0 atom stereocenters. The molecule has 0 fully saturated rings. The number of aromatic nitrogens is 2. The Balaban J connectivity index is 2.09. The molecule has 1 N–H and O–H groups in total. The van der Waals surface area contributed by atoms with Crippen LogP contribution < -0.4 is 5.32 Å². The highest BCUT2D eigenvalue weighted by Gasteiger charge is 2.16. The summed E-state index contributed by atoms with van der Waals surface area (Å²) in [6.45, 7) is 0. The van der Waals surface area contributed by atoms with Crippen LogP contribution in [0.3, 0.4) is 0 Å². The van der Waals surface area contributed by atoms with Gasteiger partial charge in [-0.05, 0) is 12.1 Å². The number of thioether (sulfide) groups is 1. The molecule has 1 heterocycles. The first-order valence-electron chi connectivity index (χ1n) is 7.42. The summed E-state index contributed by atoms with van der Waals surface area (Å²) in [5, 5.41) is 3.98. The van der Waals surface area contributed by atoms with Crippen molar-refractivity contribution in [1.82, 2.24) is 14.9 Å². The second kappa shape index (κ2) is 7.55. The summed E-state index contributed by atoms with van der Waals surface area (Å²) in [6.07, 6.45) is 1.81. The van der Waals surface area contributed by atoms with E-state index in [9.17, 15) is 4.79 Å². The van der Waals surface area contributed by atoms with E-state index < -0.39 is 0 Å². The van der Waals surface area contributed by atoms with E-state index in [0.29, 0.717) is 10.8 Å². The number of para-hydroxylation sites is 1. The predicted molar refractivity (Wildman–Crippen MR) is 98.8 cm³/mol. The molecular formula is C18H16ClN3OS. The van der Waals surface area contributed by atoms with Gasteiger partial charge < -0.3 is 5.32 Å². The number of hydrogen-bond donors (Lipinski definition) is 1. The number of hydrogen-bond acceptors (Lipinski definition) is 3. The number of rotatable bonds is 5. The van der Waals surface area contributed by atoms with Crippen molar-refractivity contribution < 1.29 is 4.79 Å². The predicted octanol–water partition coefficient (Wildman–Crippen LogP) is 4.03. The minimum absolute atomic E-state index is 0.0463. The quantitative estimate of drug-likeness (QED) is 0.701. The molecule has 0 aliphatic rings. The first-order chi connectivity index (χ1) is 11.7. The van der Waals surface area contributed by atoms with Gasteiger partial charge in [-0.1, -0.05) is 65.8 Å². The fraction of sp³-hybridized carbons (Fsp3) is 0.111. The van der Waals surface area contributed by atoms with E-state index in [1.807, 2.05) is 65.4 Å². The van der Waals surface area contributed by atoms with Crippen LogP contribution in [0.15, 0.2) is 66.0 Å². The van der Waals surface area contributed by atoms with Crippen LogP contribution in [0.2, 0.25) is 5.02 Å². The van der Waals surface area contributed by atoms with Gasteiger partial charge in [-0.15, -0.1) is 0 Å². The fourth-order valence-corrected chi connectivity index (χ4v) is 3.40. The van der Waals surface area contributed by atoms with Gasteiger partial charge in [0, 0.05) is 12.6 Å². The summed E-state index contributed by atoms with van der Waals surface area (Å²) < 4.78 is 1.99. The SMILES string of the molecule is CNC(=O)CSc1ncc(-c2ccccc2)n1-c1ccccc1Cl. The van der Waals surface area contributed by atoms with Gasteiger partial charge in [0.25, 0.3) is 0 Å². The van der Waals surface area contributed by atoms with Gasteiger partial charge >= 0.3 is 0 Å². The first-order valence-corrected chi connectivity index (χ1v) is 8.78. The minimum Gasteiger partial charge on any atom is -0.358 e. The lowest BCUT2D eigenvalue weighted by Crippen LogP contribution is -2.20. The number of halogens is 1. The number of carbonyl (C=O) groups is 1. The van der Waals surface area contributed by atoms with E-state index in [4.69, 9.17) is 11.6 Å². The summed E-state index contributed by atoms with van der Waals surface area (Å²) >= 11 is 7.78. The zero-order valence-electron chi connectivity index (χ0n) is 13.1. The Labute approximate surface area is 149 Å². The smallest absolute Gasteiger partial charge is 0.230 e. The topological polar surface area (TPSA) is 46.9 Å². The van der Waals surface area contributed by atoms with Crippen LogP contribution in [0.25, 0.3) is 16.9 Å². The van der Waals surface area contributed by atoms with Gasteiger partial charge in [0.2, 0.25) is 5.91 Å². The number of carbonyl (C=O) groups excluding carboxylic acids is 1. The van der Waals surface area contributed by atoms with E-state index >= 15 is 0 Å². The number of amides is 1. The van der Waals surface area contributed by atoms with Crippen LogP contribution in [0, 0.1) is 0 Å². The third-order valence-corrected chi connectivity index (χ3v) is 4.78. The Kier molecular flexibility index (Phi) is 5.23. The Hall–Kier alpha value is -2.24. The summed E-state index contributed by atoms with van der Waals surface area (Å²) in [5.41, 5.74) is 2.81. The average Bonchev–Trinajstić information content (AvgIpc) is 3.04. The largest absolute Gasteiger partial charge is 0.358 e. The molecule has 3 rings (SSSR count). The zero-order valence-corrected chi connectivity index (χ0v) is 14.6. The van der Waals surface area contributed by atoms with E-state index in [1.54, 1.807) is 7.05 Å². The molecule has 0 saturated carbocycles. The van der Waals surface area contributed by atoms with Crippen molar-refractivity contribution in [2.45, 2.75) is 5.16 Å². The van der Waals surface area contributed by atoms with Gasteiger partial charge in [-0.2, -0.15) is 0 Å². The molecule has 24 heavy (non-hydrogen) atoms. The monoisotopic (exact) mass is 357 g/mol. The van der Waals surface area contributed by atoms with Gasteiger partial charge in [0.15, 0.2) is 5.16 Å². The Morgan fingerprint density at radius 1 is 1.17 bits per heavy atom. The molecule has 0 radical (unpaired) electrons. The maximum absolute atomic E-state index is 11.6. The fourth-order valence-electron chi connectivity index (χ4n) is 2.32. The van der Waals surface area contributed by atoms with Crippen LogP contribution in [-0.4, -0.2) is 28.3 Å². The molecule has 2 aromatic carbocycles. The molecule has 0 spiro atoms.